The SMILES string of the molecule is CSCC(N)c1occc1Br. The second-order valence-electron chi connectivity index (χ2n) is 2.19. The highest BCUT2D eigenvalue weighted by atomic mass is 79.9. The van der Waals surface area contributed by atoms with Crippen LogP contribution in [-0.4, -0.2) is 12.0 Å². The van der Waals surface area contributed by atoms with Gasteiger partial charge in [0.25, 0.3) is 0 Å². The normalized spacial score (nSPS) is 13.4. The maximum atomic E-state index is 5.81. The van der Waals surface area contributed by atoms with Crippen molar-refractivity contribution >= 4 is 27.7 Å². The average Bonchev–Trinajstić information content (AvgIpc) is 2.36. The van der Waals surface area contributed by atoms with Crippen LogP contribution in [0.4, 0.5) is 0 Å². The Balaban J connectivity index is 2.67. The van der Waals surface area contributed by atoms with Gasteiger partial charge in [0.1, 0.15) is 5.76 Å². The molecule has 2 N–H and O–H groups in total. The van der Waals surface area contributed by atoms with Gasteiger partial charge in [-0.05, 0) is 28.3 Å². The fourth-order valence-electron chi connectivity index (χ4n) is 0.825. The molecule has 0 aliphatic heterocycles. The lowest BCUT2D eigenvalue weighted by molar-refractivity contribution is 0.480. The van der Waals surface area contributed by atoms with E-state index in [0.717, 1.165) is 16.0 Å². The Morgan fingerprint density at radius 3 is 3.00 bits per heavy atom. The molecule has 1 aromatic heterocycles. The number of furan rings is 1. The van der Waals surface area contributed by atoms with E-state index in [1.165, 1.54) is 0 Å². The lowest BCUT2D eigenvalue weighted by Gasteiger charge is -2.06. The van der Waals surface area contributed by atoms with E-state index in [1.54, 1.807) is 18.0 Å². The molecule has 1 heterocycles. The number of thioether (sulfide) groups is 1. The van der Waals surface area contributed by atoms with Crippen LogP contribution in [0.3, 0.4) is 0 Å². The fourth-order valence-corrected chi connectivity index (χ4v) is 1.83. The first-order chi connectivity index (χ1) is 5.25. The molecule has 0 radical (unpaired) electrons. The van der Waals surface area contributed by atoms with Gasteiger partial charge in [-0.3, -0.25) is 0 Å². The largest absolute Gasteiger partial charge is 0.466 e. The second kappa shape index (κ2) is 4.18. The van der Waals surface area contributed by atoms with Crippen LogP contribution in [0, 0.1) is 0 Å². The third-order valence-corrected chi connectivity index (χ3v) is 2.68. The van der Waals surface area contributed by atoms with E-state index in [0.29, 0.717) is 0 Å². The first kappa shape index (κ1) is 9.16. The predicted octanol–water partition coefficient (Wildman–Crippen LogP) is 2.40. The number of hydrogen-bond acceptors (Lipinski definition) is 3. The van der Waals surface area contributed by atoms with Crippen LogP contribution < -0.4 is 5.73 Å². The number of halogens is 1. The molecule has 2 nitrogen and oxygen atoms in total. The van der Waals surface area contributed by atoms with E-state index < -0.39 is 0 Å². The third-order valence-electron chi connectivity index (χ3n) is 1.33. The molecule has 0 saturated heterocycles. The van der Waals surface area contributed by atoms with Crippen molar-refractivity contribution in [2.75, 3.05) is 12.0 Å². The summed E-state index contributed by atoms with van der Waals surface area (Å²) in [6, 6.07) is 1.85. The molecule has 11 heavy (non-hydrogen) atoms. The molecule has 62 valence electrons. The van der Waals surface area contributed by atoms with Crippen molar-refractivity contribution in [1.29, 1.82) is 0 Å². The molecule has 1 aromatic rings. The van der Waals surface area contributed by atoms with E-state index in [9.17, 15) is 0 Å². The number of nitrogens with two attached hydrogens (primary N) is 1. The smallest absolute Gasteiger partial charge is 0.135 e. The van der Waals surface area contributed by atoms with Crippen molar-refractivity contribution in [3.63, 3.8) is 0 Å². The van der Waals surface area contributed by atoms with Gasteiger partial charge in [-0.25, -0.2) is 0 Å². The molecule has 0 aliphatic rings. The van der Waals surface area contributed by atoms with Gasteiger partial charge in [-0.1, -0.05) is 0 Å². The summed E-state index contributed by atoms with van der Waals surface area (Å²) in [5.74, 6) is 1.71. The molecule has 0 amide bonds. The first-order valence-electron chi connectivity index (χ1n) is 3.23. The minimum absolute atomic E-state index is 0.00521. The minimum atomic E-state index is -0.00521. The van der Waals surface area contributed by atoms with E-state index in [2.05, 4.69) is 15.9 Å². The molecule has 0 aliphatic carbocycles. The summed E-state index contributed by atoms with van der Waals surface area (Å²) in [6.07, 6.45) is 3.66. The van der Waals surface area contributed by atoms with Crippen LogP contribution in [0.2, 0.25) is 0 Å². The quantitative estimate of drug-likeness (QED) is 0.875. The lowest BCUT2D eigenvalue weighted by atomic mass is 10.3. The van der Waals surface area contributed by atoms with Crippen molar-refractivity contribution in [2.45, 2.75) is 6.04 Å². The van der Waals surface area contributed by atoms with Gasteiger partial charge in [0.05, 0.1) is 16.8 Å². The third kappa shape index (κ3) is 2.25. The van der Waals surface area contributed by atoms with Crippen molar-refractivity contribution in [1.82, 2.24) is 0 Å². The lowest BCUT2D eigenvalue weighted by Crippen LogP contribution is -2.12. The highest BCUT2D eigenvalue weighted by Gasteiger charge is 2.11. The van der Waals surface area contributed by atoms with Gasteiger partial charge in [-0.15, -0.1) is 0 Å². The Bertz CT molecular complexity index is 226. The van der Waals surface area contributed by atoms with E-state index >= 15 is 0 Å². The summed E-state index contributed by atoms with van der Waals surface area (Å²) < 4.78 is 6.15. The number of hydrogen-bond donors (Lipinski definition) is 1. The van der Waals surface area contributed by atoms with Crippen molar-refractivity contribution < 1.29 is 4.42 Å². The summed E-state index contributed by atoms with van der Waals surface area (Å²) in [7, 11) is 0. The standard InChI is InChI=1S/C7H10BrNOS/c1-11-4-6(9)7-5(8)2-3-10-7/h2-3,6H,4,9H2,1H3. The molecular formula is C7H10BrNOS. The molecule has 0 aromatic carbocycles. The summed E-state index contributed by atoms with van der Waals surface area (Å²) in [5.41, 5.74) is 5.81. The Hall–Kier alpha value is 0.0700. The summed E-state index contributed by atoms with van der Waals surface area (Å²) in [5, 5.41) is 0. The fraction of sp³-hybridized carbons (Fsp3) is 0.429. The first-order valence-corrected chi connectivity index (χ1v) is 5.41. The van der Waals surface area contributed by atoms with Crippen molar-refractivity contribution in [3.05, 3.63) is 22.6 Å². The van der Waals surface area contributed by atoms with Crippen LogP contribution in [0.1, 0.15) is 11.8 Å². The average molecular weight is 236 g/mol. The Labute approximate surface area is 78.7 Å². The maximum absolute atomic E-state index is 5.81. The number of rotatable bonds is 3. The van der Waals surface area contributed by atoms with Crippen LogP contribution in [0.15, 0.2) is 21.2 Å². The van der Waals surface area contributed by atoms with Gasteiger partial charge < -0.3 is 10.2 Å². The monoisotopic (exact) mass is 235 g/mol. The molecule has 1 unspecified atom stereocenters. The molecule has 0 bridgehead atoms. The summed E-state index contributed by atoms with van der Waals surface area (Å²) in [4.78, 5) is 0. The molecule has 0 fully saturated rings. The summed E-state index contributed by atoms with van der Waals surface area (Å²) >= 11 is 5.06. The van der Waals surface area contributed by atoms with E-state index in [-0.39, 0.29) is 6.04 Å². The molecule has 1 atom stereocenters. The second-order valence-corrected chi connectivity index (χ2v) is 3.96. The molecule has 0 spiro atoms. The Morgan fingerprint density at radius 1 is 1.82 bits per heavy atom. The van der Waals surface area contributed by atoms with E-state index in [1.807, 2.05) is 12.3 Å². The zero-order valence-corrected chi connectivity index (χ0v) is 8.61. The zero-order valence-electron chi connectivity index (χ0n) is 6.21. The van der Waals surface area contributed by atoms with Crippen molar-refractivity contribution in [3.8, 4) is 0 Å². The Kier molecular flexibility index (Phi) is 3.48. The van der Waals surface area contributed by atoms with Gasteiger partial charge >= 0.3 is 0 Å². The van der Waals surface area contributed by atoms with Gasteiger partial charge in [0.15, 0.2) is 0 Å². The molecular weight excluding hydrogens is 226 g/mol. The van der Waals surface area contributed by atoms with Gasteiger partial charge in [-0.2, -0.15) is 11.8 Å². The highest BCUT2D eigenvalue weighted by Crippen LogP contribution is 2.24. The Morgan fingerprint density at radius 2 is 2.55 bits per heavy atom. The van der Waals surface area contributed by atoms with Gasteiger partial charge in [0, 0.05) is 5.75 Å². The molecule has 4 heteroatoms. The zero-order chi connectivity index (χ0) is 8.27. The maximum Gasteiger partial charge on any atom is 0.135 e. The predicted molar refractivity (Wildman–Crippen MR) is 51.7 cm³/mol. The molecule has 1 rings (SSSR count). The summed E-state index contributed by atoms with van der Waals surface area (Å²) in [6.45, 7) is 0. The minimum Gasteiger partial charge on any atom is -0.466 e. The van der Waals surface area contributed by atoms with Crippen LogP contribution in [0.5, 0.6) is 0 Å². The topological polar surface area (TPSA) is 39.2 Å². The van der Waals surface area contributed by atoms with Crippen LogP contribution in [0.25, 0.3) is 0 Å². The van der Waals surface area contributed by atoms with Gasteiger partial charge in [0.2, 0.25) is 0 Å². The van der Waals surface area contributed by atoms with Crippen LogP contribution >= 0.6 is 27.7 Å². The molecule has 0 saturated carbocycles. The van der Waals surface area contributed by atoms with Crippen LogP contribution in [-0.2, 0) is 0 Å². The highest BCUT2D eigenvalue weighted by molar-refractivity contribution is 9.10. The van der Waals surface area contributed by atoms with Crippen molar-refractivity contribution in [2.24, 2.45) is 5.73 Å². The van der Waals surface area contributed by atoms with E-state index in [4.69, 9.17) is 10.2 Å².